The zero-order chi connectivity index (χ0) is 22.4. The topological polar surface area (TPSA) is 34.1 Å². The van der Waals surface area contributed by atoms with Crippen molar-refractivity contribution in [1.29, 1.82) is 0 Å². The van der Waals surface area contributed by atoms with E-state index in [2.05, 4.69) is 79.7 Å². The van der Waals surface area contributed by atoms with Gasteiger partial charge in [-0.1, -0.05) is 65.8 Å². The number of carbonyl (C=O) groups excluding carboxylic acids is 2. The lowest BCUT2D eigenvalue weighted by atomic mass is 9.79. The van der Waals surface area contributed by atoms with E-state index >= 15 is 0 Å². The Morgan fingerprint density at radius 3 is 0.967 bits per heavy atom. The Bertz CT molecular complexity index is 868. The molecule has 3 rings (SSSR count). The molecule has 1 aliphatic rings. The molecule has 30 heavy (non-hydrogen) atoms. The van der Waals surface area contributed by atoms with E-state index in [0.29, 0.717) is 25.7 Å². The van der Waals surface area contributed by atoms with Crippen LogP contribution in [0.4, 0.5) is 0 Å². The molecule has 0 radical (unpaired) electrons. The minimum atomic E-state index is -0.0249. The molecule has 0 aromatic heterocycles. The van der Waals surface area contributed by atoms with Crippen molar-refractivity contribution in [2.45, 2.75) is 91.9 Å². The second kappa shape index (κ2) is 7.80. The summed E-state index contributed by atoms with van der Waals surface area (Å²) in [6.07, 6.45) is 1.69. The first-order valence-corrected chi connectivity index (χ1v) is 11.0. The van der Waals surface area contributed by atoms with Gasteiger partial charge >= 0.3 is 0 Å². The van der Waals surface area contributed by atoms with Gasteiger partial charge < -0.3 is 0 Å². The second-order valence-corrected chi connectivity index (χ2v) is 11.1. The number of rotatable bonds is 0. The van der Waals surface area contributed by atoms with Crippen LogP contribution >= 0.6 is 0 Å². The van der Waals surface area contributed by atoms with Crippen molar-refractivity contribution in [1.82, 2.24) is 0 Å². The molecule has 2 heteroatoms. The van der Waals surface area contributed by atoms with Crippen LogP contribution in [-0.2, 0) is 46.1 Å². The van der Waals surface area contributed by atoms with Crippen LogP contribution in [0.15, 0.2) is 24.3 Å². The Balaban J connectivity index is 2.15. The first-order chi connectivity index (χ1) is 13.8. The predicted molar refractivity (Wildman–Crippen MR) is 125 cm³/mol. The first kappa shape index (κ1) is 22.5. The molecule has 0 N–H and O–H groups in total. The van der Waals surface area contributed by atoms with Crippen molar-refractivity contribution in [3.05, 3.63) is 68.8 Å². The Morgan fingerprint density at radius 2 is 0.767 bits per heavy atom. The van der Waals surface area contributed by atoms with Crippen LogP contribution in [0.1, 0.15) is 86.1 Å². The van der Waals surface area contributed by atoms with Crippen molar-refractivity contribution in [2.24, 2.45) is 0 Å². The maximum atomic E-state index is 13.1. The molecule has 0 heterocycles. The minimum absolute atomic E-state index is 0.0249. The third-order valence-corrected chi connectivity index (χ3v) is 6.53. The molecule has 4 bridgehead atoms. The molecule has 0 fully saturated rings. The number of Topliss-reactive ketones (excluding diaryl/α,β-unsaturated/α-hetero) is 2. The SMILES string of the molecule is Cc1c2cc(C(C)(C)C)cc1CC(=O)Cc1cc(C(C)(C)C)cc(c1C)CC(=O)C2. The smallest absolute Gasteiger partial charge is 0.141 e. The van der Waals surface area contributed by atoms with E-state index < -0.39 is 0 Å². The van der Waals surface area contributed by atoms with Gasteiger partial charge in [-0.05, 0) is 69.2 Å². The molecule has 0 amide bonds. The summed E-state index contributed by atoms with van der Waals surface area (Å²) >= 11 is 0. The summed E-state index contributed by atoms with van der Waals surface area (Å²) in [5.41, 5.74) is 8.82. The lowest BCUT2D eigenvalue weighted by Crippen LogP contribution is -2.20. The molecule has 2 aromatic carbocycles. The average molecular weight is 405 g/mol. The third-order valence-electron chi connectivity index (χ3n) is 6.53. The fraction of sp³-hybridized carbons (Fsp3) is 0.500. The van der Waals surface area contributed by atoms with Gasteiger partial charge in [-0.3, -0.25) is 9.59 Å². The van der Waals surface area contributed by atoms with Crippen LogP contribution in [0.5, 0.6) is 0 Å². The largest absolute Gasteiger partial charge is 0.299 e. The summed E-state index contributed by atoms with van der Waals surface area (Å²) < 4.78 is 0. The standard InChI is InChI=1S/C28H36O2/c1-17-19-9-23(27(3,4)5)10-20(17)14-26(30)16-22-12-24(28(6,7)8)11-21(18(22)2)15-25(29)13-19/h9-12H,13-16H2,1-8H3. The van der Waals surface area contributed by atoms with Crippen LogP contribution in [0, 0.1) is 13.8 Å². The number of ketones is 2. The first-order valence-electron chi connectivity index (χ1n) is 11.0. The Kier molecular flexibility index (Phi) is 5.84. The van der Waals surface area contributed by atoms with Gasteiger partial charge in [0.2, 0.25) is 0 Å². The van der Waals surface area contributed by atoms with Crippen molar-refractivity contribution in [2.75, 3.05) is 0 Å². The highest BCUT2D eigenvalue weighted by molar-refractivity contribution is 5.87. The summed E-state index contributed by atoms with van der Waals surface area (Å²) in [7, 11) is 0. The number of carbonyl (C=O) groups is 2. The fourth-order valence-corrected chi connectivity index (χ4v) is 4.25. The van der Waals surface area contributed by atoms with E-state index in [-0.39, 0.29) is 22.4 Å². The van der Waals surface area contributed by atoms with Crippen LogP contribution in [0.3, 0.4) is 0 Å². The molecule has 0 aliphatic heterocycles. The van der Waals surface area contributed by atoms with Gasteiger partial charge in [0.15, 0.2) is 0 Å². The normalized spacial score (nSPS) is 15.6. The van der Waals surface area contributed by atoms with E-state index in [0.717, 1.165) is 33.4 Å². The van der Waals surface area contributed by atoms with Gasteiger partial charge in [-0.2, -0.15) is 0 Å². The molecular weight excluding hydrogens is 368 g/mol. The summed E-state index contributed by atoms with van der Waals surface area (Å²) in [4.78, 5) is 26.3. The Morgan fingerprint density at radius 1 is 0.533 bits per heavy atom. The summed E-state index contributed by atoms with van der Waals surface area (Å²) in [6.45, 7) is 17.2. The molecular formula is C28H36O2. The molecule has 0 atom stereocenters. The second-order valence-electron chi connectivity index (χ2n) is 11.1. The highest BCUT2D eigenvalue weighted by Crippen LogP contribution is 2.31. The molecule has 0 spiro atoms. The van der Waals surface area contributed by atoms with E-state index in [9.17, 15) is 9.59 Å². The highest BCUT2D eigenvalue weighted by atomic mass is 16.1. The van der Waals surface area contributed by atoms with Gasteiger partial charge in [-0.25, -0.2) is 0 Å². The Labute approximate surface area is 182 Å². The van der Waals surface area contributed by atoms with Crippen molar-refractivity contribution in [3.8, 4) is 0 Å². The van der Waals surface area contributed by atoms with Crippen molar-refractivity contribution in [3.63, 3.8) is 0 Å². The van der Waals surface area contributed by atoms with Crippen LogP contribution < -0.4 is 0 Å². The van der Waals surface area contributed by atoms with Gasteiger partial charge in [0.1, 0.15) is 11.6 Å². The van der Waals surface area contributed by atoms with E-state index in [4.69, 9.17) is 0 Å². The van der Waals surface area contributed by atoms with Gasteiger partial charge in [0.05, 0.1) is 0 Å². The quantitative estimate of drug-likeness (QED) is 0.546. The minimum Gasteiger partial charge on any atom is -0.299 e. The molecule has 2 nitrogen and oxygen atoms in total. The van der Waals surface area contributed by atoms with Gasteiger partial charge in [-0.15, -0.1) is 0 Å². The third kappa shape index (κ3) is 4.74. The fourth-order valence-electron chi connectivity index (χ4n) is 4.25. The molecule has 0 unspecified atom stereocenters. The lowest BCUT2D eigenvalue weighted by Gasteiger charge is -2.25. The number of benzene rings is 2. The highest BCUT2D eigenvalue weighted by Gasteiger charge is 2.23. The summed E-state index contributed by atoms with van der Waals surface area (Å²) in [5.74, 6) is 0.476. The van der Waals surface area contributed by atoms with Gasteiger partial charge in [0, 0.05) is 25.7 Å². The summed E-state index contributed by atoms with van der Waals surface area (Å²) in [5, 5.41) is 0. The van der Waals surface area contributed by atoms with Crippen LogP contribution in [-0.4, -0.2) is 11.6 Å². The number of hydrogen-bond acceptors (Lipinski definition) is 2. The Hall–Kier alpha value is -2.22. The number of hydrogen-bond donors (Lipinski definition) is 0. The van der Waals surface area contributed by atoms with Crippen LogP contribution in [0.2, 0.25) is 0 Å². The van der Waals surface area contributed by atoms with E-state index in [1.54, 1.807) is 0 Å². The summed E-state index contributed by atoms with van der Waals surface area (Å²) in [6, 6.07) is 8.71. The molecule has 1 aliphatic carbocycles. The predicted octanol–water partition coefficient (Wildman–Crippen LogP) is 5.92. The molecule has 0 saturated heterocycles. The van der Waals surface area contributed by atoms with Crippen molar-refractivity contribution >= 4 is 11.6 Å². The molecule has 2 aromatic rings. The monoisotopic (exact) mass is 404 g/mol. The van der Waals surface area contributed by atoms with Crippen LogP contribution in [0.25, 0.3) is 0 Å². The lowest BCUT2D eigenvalue weighted by molar-refractivity contribution is -0.118. The molecule has 0 saturated carbocycles. The molecule has 160 valence electrons. The maximum absolute atomic E-state index is 13.1. The zero-order valence-corrected chi connectivity index (χ0v) is 20.0. The van der Waals surface area contributed by atoms with E-state index in [1.807, 2.05) is 0 Å². The van der Waals surface area contributed by atoms with Crippen molar-refractivity contribution < 1.29 is 9.59 Å². The maximum Gasteiger partial charge on any atom is 0.141 e. The van der Waals surface area contributed by atoms with E-state index in [1.165, 1.54) is 11.1 Å². The van der Waals surface area contributed by atoms with Gasteiger partial charge in [0.25, 0.3) is 0 Å². The number of fused-ring (bicyclic) bond motifs is 4. The average Bonchev–Trinajstić information content (AvgIpc) is 2.59. The zero-order valence-electron chi connectivity index (χ0n) is 20.0.